The first-order chi connectivity index (χ1) is 15.7. The first kappa shape index (κ1) is 18.9. The molecule has 0 saturated heterocycles. The van der Waals surface area contributed by atoms with Gasteiger partial charge in [0.25, 0.3) is 5.24 Å². The van der Waals surface area contributed by atoms with Crippen molar-refractivity contribution in [1.29, 1.82) is 0 Å². The maximum absolute atomic E-state index is 12.9. The fraction of sp³-hybridized carbons (Fsp3) is 0. The van der Waals surface area contributed by atoms with Gasteiger partial charge in [0.15, 0.2) is 0 Å². The van der Waals surface area contributed by atoms with Gasteiger partial charge < -0.3 is 0 Å². The Morgan fingerprint density at radius 1 is 0.469 bits per heavy atom. The van der Waals surface area contributed by atoms with Gasteiger partial charge in [-0.05, 0) is 44.5 Å². The van der Waals surface area contributed by atoms with Gasteiger partial charge >= 0.3 is 0 Å². The fourth-order valence-electron chi connectivity index (χ4n) is 4.77. The number of hydrogen-bond donors (Lipinski definition) is 1. The van der Waals surface area contributed by atoms with Gasteiger partial charge in [-0.15, -0.1) is 0 Å². The largest absolute Gasteiger partial charge is 0.287 e. The van der Waals surface area contributed by atoms with E-state index in [1.807, 2.05) is 48.5 Å². The van der Waals surface area contributed by atoms with E-state index < -0.39 is 0 Å². The molecule has 32 heavy (non-hydrogen) atoms. The van der Waals surface area contributed by atoms with Crippen molar-refractivity contribution in [2.24, 2.45) is 0 Å². The standard InChI is InChI=1S/C29H19NOS/c31-29(32)30(27-13-5-11-23-21-9-3-1-7-19(21)15-17-25(23)27)28-14-6-12-24-22-10-4-2-8-20(22)16-18-26(24)28/h1-18H,(H,31,32). The summed E-state index contributed by atoms with van der Waals surface area (Å²) in [4.78, 5) is 14.7. The summed E-state index contributed by atoms with van der Waals surface area (Å²) in [6, 6.07) is 37.3. The van der Waals surface area contributed by atoms with E-state index in [-0.39, 0.29) is 5.24 Å². The van der Waals surface area contributed by atoms with Gasteiger partial charge in [-0.2, -0.15) is 0 Å². The zero-order chi connectivity index (χ0) is 21.7. The van der Waals surface area contributed by atoms with Crippen molar-refractivity contribution >= 4 is 72.3 Å². The summed E-state index contributed by atoms with van der Waals surface area (Å²) >= 11 is 4.30. The molecule has 6 aromatic carbocycles. The first-order valence-corrected chi connectivity index (χ1v) is 11.0. The molecule has 0 saturated carbocycles. The number of nitrogens with zero attached hydrogens (tertiary/aromatic N) is 1. The Labute approximate surface area is 191 Å². The Morgan fingerprint density at radius 2 is 0.906 bits per heavy atom. The zero-order valence-corrected chi connectivity index (χ0v) is 18.1. The molecule has 6 aromatic rings. The number of anilines is 2. The molecule has 0 atom stereocenters. The van der Waals surface area contributed by atoms with E-state index in [9.17, 15) is 4.79 Å². The van der Waals surface area contributed by atoms with E-state index in [0.29, 0.717) is 0 Å². The molecule has 0 heterocycles. The van der Waals surface area contributed by atoms with Gasteiger partial charge in [-0.3, -0.25) is 9.69 Å². The van der Waals surface area contributed by atoms with E-state index in [1.54, 1.807) is 4.90 Å². The summed E-state index contributed by atoms with van der Waals surface area (Å²) < 4.78 is 0. The Bertz CT molecular complexity index is 1550. The summed E-state index contributed by atoms with van der Waals surface area (Å²) in [7, 11) is 0. The molecular formula is C29H19NOS. The summed E-state index contributed by atoms with van der Waals surface area (Å²) in [6.45, 7) is 0. The third kappa shape index (κ3) is 2.86. The van der Waals surface area contributed by atoms with Crippen LogP contribution in [0.4, 0.5) is 16.2 Å². The van der Waals surface area contributed by atoms with Crippen molar-refractivity contribution in [3.63, 3.8) is 0 Å². The molecular weight excluding hydrogens is 410 g/mol. The minimum atomic E-state index is -0.314. The Balaban J connectivity index is 1.66. The van der Waals surface area contributed by atoms with E-state index in [1.165, 1.54) is 21.5 Å². The molecule has 0 N–H and O–H groups in total. The van der Waals surface area contributed by atoms with Crippen LogP contribution >= 0.6 is 12.6 Å². The minimum absolute atomic E-state index is 0.314. The molecule has 0 spiro atoms. The summed E-state index contributed by atoms with van der Waals surface area (Å²) in [5.74, 6) is 0. The molecule has 0 fully saturated rings. The molecule has 6 rings (SSSR count). The van der Waals surface area contributed by atoms with Gasteiger partial charge in [0.1, 0.15) is 0 Å². The highest BCUT2D eigenvalue weighted by molar-refractivity contribution is 7.97. The van der Waals surface area contributed by atoms with Crippen LogP contribution in [0.5, 0.6) is 0 Å². The second-order valence-corrected chi connectivity index (χ2v) is 8.32. The van der Waals surface area contributed by atoms with Gasteiger partial charge in [-0.25, -0.2) is 0 Å². The number of amides is 1. The highest BCUT2D eigenvalue weighted by Gasteiger charge is 2.20. The lowest BCUT2D eigenvalue weighted by molar-refractivity contribution is 0.267. The quantitative estimate of drug-likeness (QED) is 0.216. The van der Waals surface area contributed by atoms with Crippen LogP contribution in [-0.4, -0.2) is 5.24 Å². The minimum Gasteiger partial charge on any atom is -0.271 e. The van der Waals surface area contributed by atoms with Crippen molar-refractivity contribution in [2.45, 2.75) is 0 Å². The lowest BCUT2D eigenvalue weighted by Crippen LogP contribution is -2.20. The highest BCUT2D eigenvalue weighted by Crippen LogP contribution is 2.40. The Kier molecular flexibility index (Phi) is 4.37. The van der Waals surface area contributed by atoms with Crippen LogP contribution < -0.4 is 4.90 Å². The number of hydrogen-bond acceptors (Lipinski definition) is 1. The second kappa shape index (κ2) is 7.40. The highest BCUT2D eigenvalue weighted by atomic mass is 32.1. The predicted molar refractivity (Wildman–Crippen MR) is 139 cm³/mol. The van der Waals surface area contributed by atoms with Crippen LogP contribution in [0.25, 0.3) is 43.1 Å². The van der Waals surface area contributed by atoms with Gasteiger partial charge in [0.05, 0.1) is 11.4 Å². The summed E-state index contributed by atoms with van der Waals surface area (Å²) in [5, 5.41) is 8.65. The smallest absolute Gasteiger partial charge is 0.271 e. The van der Waals surface area contributed by atoms with Crippen LogP contribution in [-0.2, 0) is 0 Å². The third-order valence-electron chi connectivity index (χ3n) is 6.20. The summed E-state index contributed by atoms with van der Waals surface area (Å²) in [6.07, 6.45) is 0. The maximum atomic E-state index is 12.9. The Hall–Kier alpha value is -3.82. The lowest BCUT2D eigenvalue weighted by atomic mass is 9.98. The van der Waals surface area contributed by atoms with Crippen LogP contribution in [0.2, 0.25) is 0 Å². The molecule has 152 valence electrons. The number of carbonyl (C=O) groups is 1. The monoisotopic (exact) mass is 429 g/mol. The molecule has 0 aliphatic carbocycles. The molecule has 0 aliphatic rings. The van der Waals surface area contributed by atoms with Crippen molar-refractivity contribution in [3.05, 3.63) is 109 Å². The number of thiol groups is 1. The predicted octanol–water partition coefficient (Wildman–Crippen LogP) is 8.49. The van der Waals surface area contributed by atoms with E-state index >= 15 is 0 Å². The van der Waals surface area contributed by atoms with E-state index in [2.05, 4.69) is 73.3 Å². The molecule has 0 aromatic heterocycles. The SMILES string of the molecule is O=C(S)N(c1cccc2c1ccc1ccccc12)c1cccc2c1ccc1ccccc12. The van der Waals surface area contributed by atoms with E-state index in [4.69, 9.17) is 0 Å². The molecule has 1 amide bonds. The normalized spacial score (nSPS) is 11.4. The number of rotatable bonds is 2. The van der Waals surface area contributed by atoms with E-state index in [0.717, 1.165) is 32.9 Å². The van der Waals surface area contributed by atoms with Crippen molar-refractivity contribution < 1.29 is 4.79 Å². The van der Waals surface area contributed by atoms with Crippen molar-refractivity contribution in [2.75, 3.05) is 4.90 Å². The number of fused-ring (bicyclic) bond motifs is 6. The fourth-order valence-corrected chi connectivity index (χ4v) is 4.99. The molecule has 0 bridgehead atoms. The third-order valence-corrected chi connectivity index (χ3v) is 6.40. The molecule has 0 radical (unpaired) electrons. The average molecular weight is 430 g/mol. The molecule has 3 heteroatoms. The average Bonchev–Trinajstić information content (AvgIpc) is 2.84. The van der Waals surface area contributed by atoms with Gasteiger partial charge in [0.2, 0.25) is 0 Å². The molecule has 0 aliphatic heterocycles. The molecule has 0 unspecified atom stereocenters. The lowest BCUT2D eigenvalue weighted by Gasteiger charge is -2.24. The van der Waals surface area contributed by atoms with Crippen molar-refractivity contribution in [3.8, 4) is 0 Å². The van der Waals surface area contributed by atoms with Crippen molar-refractivity contribution in [1.82, 2.24) is 0 Å². The first-order valence-electron chi connectivity index (χ1n) is 10.6. The van der Waals surface area contributed by atoms with Crippen LogP contribution in [0.15, 0.2) is 109 Å². The number of benzene rings is 6. The zero-order valence-electron chi connectivity index (χ0n) is 17.2. The van der Waals surface area contributed by atoms with Crippen LogP contribution in [0.3, 0.4) is 0 Å². The van der Waals surface area contributed by atoms with Crippen LogP contribution in [0, 0.1) is 0 Å². The number of carbonyl (C=O) groups excluding carboxylic acids is 1. The topological polar surface area (TPSA) is 20.3 Å². The van der Waals surface area contributed by atoms with Gasteiger partial charge in [0, 0.05) is 10.8 Å². The summed E-state index contributed by atoms with van der Waals surface area (Å²) in [5.41, 5.74) is 1.66. The second-order valence-electron chi connectivity index (χ2n) is 7.94. The Morgan fingerprint density at radius 3 is 1.38 bits per heavy atom. The van der Waals surface area contributed by atoms with Crippen LogP contribution in [0.1, 0.15) is 0 Å². The maximum Gasteiger partial charge on any atom is 0.287 e. The van der Waals surface area contributed by atoms with Gasteiger partial charge in [-0.1, -0.05) is 110 Å². The molecule has 2 nitrogen and oxygen atoms in total.